The van der Waals surface area contributed by atoms with Gasteiger partial charge in [0.15, 0.2) is 41.8 Å². The predicted molar refractivity (Wildman–Crippen MR) is 206 cm³/mol. The van der Waals surface area contributed by atoms with Gasteiger partial charge in [-0.3, -0.25) is 14.4 Å². The summed E-state index contributed by atoms with van der Waals surface area (Å²) in [6.45, 7) is 8.00. The number of phenols is 1. The van der Waals surface area contributed by atoms with E-state index in [0.29, 0.717) is 12.8 Å². The van der Waals surface area contributed by atoms with E-state index in [0.717, 1.165) is 0 Å². The quantitative estimate of drug-likeness (QED) is 0.187. The smallest absolute Gasteiger partial charge is 0.196 e. The minimum atomic E-state index is -2.56. The average Bonchev–Trinajstić information content (AvgIpc) is 3.17. The van der Waals surface area contributed by atoms with Crippen LogP contribution in [0.3, 0.4) is 0 Å². The number of aromatic hydroxyl groups is 1. The van der Waals surface area contributed by atoms with Crippen molar-refractivity contribution in [3.63, 3.8) is 0 Å². The van der Waals surface area contributed by atoms with E-state index in [1.165, 1.54) is 19.1 Å². The number of rotatable bonds is 7. The number of carbonyl (C=O) groups is 3. The van der Waals surface area contributed by atoms with E-state index < -0.39 is 168 Å². The van der Waals surface area contributed by atoms with Crippen molar-refractivity contribution in [3.8, 4) is 5.75 Å². The van der Waals surface area contributed by atoms with Gasteiger partial charge in [-0.05, 0) is 53.5 Å². The number of hydrogen-bond acceptors (Lipinski definition) is 18. The van der Waals surface area contributed by atoms with E-state index in [4.69, 9.17) is 33.2 Å². The van der Waals surface area contributed by atoms with Gasteiger partial charge in [0, 0.05) is 61.6 Å². The first-order chi connectivity index (χ1) is 28.6. The van der Waals surface area contributed by atoms with Crippen LogP contribution < -0.4 is 0 Å². The maximum Gasteiger partial charge on any atom is 0.196 e. The van der Waals surface area contributed by atoms with Crippen LogP contribution >= 0.6 is 0 Å². The fraction of sp³-hybridized carbons (Fsp3) is 0.744. The number of fused-ring (bicyclic) bond motifs is 3. The molecule has 0 radical (unpaired) electrons. The molecule has 18 heteroatoms. The van der Waals surface area contributed by atoms with Crippen LogP contribution in [0.4, 0.5) is 0 Å². The monoisotopic (exact) mass is 862 g/mol. The van der Waals surface area contributed by atoms with Crippen LogP contribution in [-0.4, -0.2) is 161 Å². The van der Waals surface area contributed by atoms with E-state index in [1.807, 2.05) is 0 Å². The Labute approximate surface area is 352 Å². The summed E-state index contributed by atoms with van der Waals surface area (Å²) in [7, 11) is 0. The first-order valence-electron chi connectivity index (χ1n) is 21.3. The maximum atomic E-state index is 14.8. The number of carbonyl (C=O) groups excluding carboxylic acids is 3. The molecule has 1 aromatic carbocycles. The number of ketones is 3. The third-order valence-electron chi connectivity index (χ3n) is 13.8. The summed E-state index contributed by atoms with van der Waals surface area (Å²) < 4.78 is 42.6. The summed E-state index contributed by atoms with van der Waals surface area (Å²) >= 11 is 0. The van der Waals surface area contributed by atoms with Gasteiger partial charge in [-0.1, -0.05) is 6.07 Å². The van der Waals surface area contributed by atoms with Gasteiger partial charge in [0.2, 0.25) is 0 Å². The largest absolute Gasteiger partial charge is 0.507 e. The lowest BCUT2D eigenvalue weighted by Crippen LogP contribution is -2.73. The molecule has 7 aliphatic rings. The molecular formula is C43H58O18. The summed E-state index contributed by atoms with van der Waals surface area (Å²) in [6.07, 6.45) is -13.9. The van der Waals surface area contributed by atoms with Gasteiger partial charge >= 0.3 is 0 Å². The molecule has 4 heterocycles. The second-order valence-corrected chi connectivity index (χ2v) is 18.4. The van der Waals surface area contributed by atoms with Crippen molar-refractivity contribution < 1.29 is 88.4 Å². The van der Waals surface area contributed by atoms with Gasteiger partial charge in [-0.2, -0.15) is 0 Å². The molecular weight excluding hydrogens is 804 g/mol. The minimum Gasteiger partial charge on any atom is -0.507 e. The predicted octanol–water partition coefficient (Wildman–Crippen LogP) is 0.682. The highest BCUT2D eigenvalue weighted by molar-refractivity contribution is 6.31. The van der Waals surface area contributed by atoms with E-state index in [2.05, 4.69) is 0 Å². The van der Waals surface area contributed by atoms with Gasteiger partial charge in [0.1, 0.15) is 23.6 Å². The first kappa shape index (κ1) is 44.8. The Kier molecular flexibility index (Phi) is 12.0. The number of hydrogen-bond donors (Lipinski definition) is 8. The van der Waals surface area contributed by atoms with Crippen LogP contribution in [0.2, 0.25) is 0 Å². The van der Waals surface area contributed by atoms with Crippen LogP contribution in [0, 0.1) is 0 Å². The Bertz CT molecular complexity index is 1920. The molecule has 1 saturated carbocycles. The lowest BCUT2D eigenvalue weighted by molar-refractivity contribution is -0.306. The topological polar surface area (TPSA) is 278 Å². The normalized spacial score (nSPS) is 46.8. The van der Waals surface area contributed by atoms with Crippen molar-refractivity contribution in [2.75, 3.05) is 0 Å². The summed E-state index contributed by atoms with van der Waals surface area (Å²) in [4.78, 5) is 43.7. The van der Waals surface area contributed by atoms with E-state index in [-0.39, 0.29) is 36.8 Å². The number of ether oxygens (including phenoxy) is 7. The third kappa shape index (κ3) is 7.73. The zero-order chi connectivity index (χ0) is 44.1. The van der Waals surface area contributed by atoms with Gasteiger partial charge in [-0.15, -0.1) is 0 Å². The Morgan fingerprint density at radius 2 is 1.36 bits per heavy atom. The molecule has 3 aliphatic carbocycles. The zero-order valence-electron chi connectivity index (χ0n) is 34.8. The van der Waals surface area contributed by atoms with Crippen molar-refractivity contribution in [2.45, 2.75) is 201 Å². The molecule has 61 heavy (non-hydrogen) atoms. The first-order valence-corrected chi connectivity index (χ1v) is 21.3. The molecule has 4 aliphatic heterocycles. The standard InChI is InChI=1S/C43H58O18/c1-17-23(44)8-10-31(56-17)61-43-29(47)15-41(5,53)16-42(43,54)14-25(46)34-35(43)39(51)22-7-6-21(38(50)33(22)40(34)52)27-13-28(37(49)20(4)55-27)60-30-11-9-26(18(2)57-30)59-32-12-24(45)36(48)19(3)58-32/h6-7,17-20,23-28,30-32,36-37,44-46,48-50,53-54H,8-16H2,1-5H3/t17-,18+,19-,20-,23+,24+,25+,26+,27?,28-,30-,31?,32+,36-,37+,41?,42?,43?/m0/s1. The lowest BCUT2D eigenvalue weighted by atomic mass is 9.54. The summed E-state index contributed by atoms with van der Waals surface area (Å²) in [6, 6.07) is 2.68. The summed E-state index contributed by atoms with van der Waals surface area (Å²) in [5, 5.41) is 88.6. The van der Waals surface area contributed by atoms with Gasteiger partial charge in [0.05, 0.1) is 77.8 Å². The van der Waals surface area contributed by atoms with Gasteiger partial charge in [0.25, 0.3) is 0 Å². The second-order valence-electron chi connectivity index (χ2n) is 18.4. The van der Waals surface area contributed by atoms with Crippen molar-refractivity contribution in [1.82, 2.24) is 0 Å². The highest BCUT2D eigenvalue weighted by atomic mass is 16.7. The zero-order valence-corrected chi connectivity index (χ0v) is 34.8. The Morgan fingerprint density at radius 1 is 0.705 bits per heavy atom. The molecule has 18 atom stereocenters. The molecule has 8 N–H and O–H groups in total. The molecule has 0 bridgehead atoms. The van der Waals surface area contributed by atoms with Crippen LogP contribution in [0.5, 0.6) is 5.75 Å². The molecule has 338 valence electrons. The van der Waals surface area contributed by atoms with E-state index in [9.17, 15) is 55.2 Å². The fourth-order valence-corrected chi connectivity index (χ4v) is 10.6. The van der Waals surface area contributed by atoms with Crippen LogP contribution in [0.15, 0.2) is 23.3 Å². The minimum absolute atomic E-state index is 0.00826. The fourth-order valence-electron chi connectivity index (χ4n) is 10.6. The summed E-state index contributed by atoms with van der Waals surface area (Å²) in [5.74, 6) is -3.45. The number of Topliss-reactive ketones (excluding diaryl/α,β-unsaturated/α-hetero) is 3. The van der Waals surface area contributed by atoms with Gasteiger partial charge in [-0.25, -0.2) is 0 Å². The molecule has 1 aromatic rings. The van der Waals surface area contributed by atoms with E-state index >= 15 is 0 Å². The molecule has 0 spiro atoms. The number of aliphatic hydroxyl groups excluding tert-OH is 5. The van der Waals surface area contributed by atoms with Crippen molar-refractivity contribution >= 4 is 17.3 Å². The molecule has 0 amide bonds. The third-order valence-corrected chi connectivity index (χ3v) is 13.8. The van der Waals surface area contributed by atoms with Crippen molar-refractivity contribution in [1.29, 1.82) is 0 Å². The van der Waals surface area contributed by atoms with Crippen LogP contribution in [0.1, 0.15) is 125 Å². The van der Waals surface area contributed by atoms with Crippen LogP contribution in [0.25, 0.3) is 0 Å². The molecule has 5 fully saturated rings. The Balaban J connectivity index is 1.04. The SMILES string of the molecule is C[C@@H]1O[C@H](O[C@@H]2CC[C@H](O[C@H]3CC(c4ccc5c(c4O)C(=O)C4=C(C5=O)C5(OC6CC[C@@H](O)[C@H](C)O6)C(=O)CC(C)(O)CC5(O)C[C@H]4O)O[C@@H](C)[C@H]3O)O[C@@H]2C)C[C@@H](O)[C@H]1O. The molecule has 4 saturated heterocycles. The second kappa shape index (κ2) is 16.3. The number of benzene rings is 1. The van der Waals surface area contributed by atoms with E-state index in [1.54, 1.807) is 27.7 Å². The molecule has 0 aromatic heterocycles. The highest BCUT2D eigenvalue weighted by Crippen LogP contribution is 2.57. The highest BCUT2D eigenvalue weighted by Gasteiger charge is 2.71. The van der Waals surface area contributed by atoms with Crippen molar-refractivity contribution in [3.05, 3.63) is 40.0 Å². The number of aliphatic hydroxyl groups is 7. The average molecular weight is 863 g/mol. The molecule has 18 nitrogen and oxygen atoms in total. The van der Waals surface area contributed by atoms with Crippen LogP contribution in [-0.2, 0) is 38.0 Å². The van der Waals surface area contributed by atoms with Crippen molar-refractivity contribution in [2.24, 2.45) is 0 Å². The molecule has 8 rings (SSSR count). The number of phenolic OH excluding ortho intramolecular Hbond substituents is 1. The Morgan fingerprint density at radius 3 is 2.05 bits per heavy atom. The maximum absolute atomic E-state index is 14.8. The Hall–Kier alpha value is -2.79. The lowest BCUT2D eigenvalue weighted by Gasteiger charge is -2.57. The molecule has 5 unspecified atom stereocenters. The van der Waals surface area contributed by atoms with Gasteiger partial charge < -0.3 is 74.0 Å². The summed E-state index contributed by atoms with van der Waals surface area (Å²) in [5.41, 5.74) is -8.50.